The Hall–Kier alpha value is -1.53. The minimum Gasteiger partial charge on any atom is -0.468 e. The van der Waals surface area contributed by atoms with Crippen molar-refractivity contribution in [2.24, 2.45) is 0 Å². The number of nitrogens with zero attached hydrogens (tertiary/aromatic N) is 3. The number of esters is 1. The van der Waals surface area contributed by atoms with Gasteiger partial charge in [-0.2, -0.15) is 0 Å². The largest absolute Gasteiger partial charge is 0.468 e. The SMILES string of the molecule is CCn1c(SCC(=O)OC)nnc1-c1ccc(Cl)cc1. The molecule has 0 amide bonds. The van der Waals surface area contributed by atoms with Crippen molar-refractivity contribution < 1.29 is 9.53 Å². The molecule has 5 nitrogen and oxygen atoms in total. The lowest BCUT2D eigenvalue weighted by Gasteiger charge is -2.06. The number of halogens is 1. The Morgan fingerprint density at radius 2 is 2.05 bits per heavy atom. The fraction of sp³-hybridized carbons (Fsp3) is 0.308. The molecule has 106 valence electrons. The lowest BCUT2D eigenvalue weighted by atomic mass is 10.2. The van der Waals surface area contributed by atoms with Gasteiger partial charge in [-0.3, -0.25) is 4.79 Å². The van der Waals surface area contributed by atoms with E-state index in [1.54, 1.807) is 0 Å². The molecule has 0 bridgehead atoms. The molecule has 0 aliphatic heterocycles. The minimum absolute atomic E-state index is 0.218. The smallest absolute Gasteiger partial charge is 0.316 e. The number of methoxy groups -OCH3 is 1. The Morgan fingerprint density at radius 3 is 2.65 bits per heavy atom. The van der Waals surface area contributed by atoms with Crippen LogP contribution in [-0.4, -0.2) is 33.6 Å². The molecule has 0 atom stereocenters. The molecule has 2 rings (SSSR count). The summed E-state index contributed by atoms with van der Waals surface area (Å²) in [6.07, 6.45) is 0. The van der Waals surface area contributed by atoms with E-state index in [1.807, 2.05) is 35.8 Å². The highest BCUT2D eigenvalue weighted by Crippen LogP contribution is 2.25. The van der Waals surface area contributed by atoms with E-state index in [-0.39, 0.29) is 11.7 Å². The molecule has 1 heterocycles. The molecular formula is C13H14ClN3O2S. The highest BCUT2D eigenvalue weighted by molar-refractivity contribution is 7.99. The zero-order valence-electron chi connectivity index (χ0n) is 11.2. The summed E-state index contributed by atoms with van der Waals surface area (Å²) in [4.78, 5) is 11.2. The van der Waals surface area contributed by atoms with Gasteiger partial charge in [0.25, 0.3) is 0 Å². The number of aromatic nitrogens is 3. The summed E-state index contributed by atoms with van der Waals surface area (Å²) in [5, 5.41) is 9.69. The zero-order valence-corrected chi connectivity index (χ0v) is 12.7. The van der Waals surface area contributed by atoms with Crippen LogP contribution in [0.3, 0.4) is 0 Å². The average molecular weight is 312 g/mol. The third kappa shape index (κ3) is 3.32. The number of benzene rings is 1. The number of ether oxygens (including phenoxy) is 1. The van der Waals surface area contributed by atoms with E-state index in [0.29, 0.717) is 16.7 Å². The van der Waals surface area contributed by atoms with Gasteiger partial charge in [0, 0.05) is 17.1 Å². The van der Waals surface area contributed by atoms with Gasteiger partial charge in [0.05, 0.1) is 12.9 Å². The van der Waals surface area contributed by atoms with Gasteiger partial charge >= 0.3 is 5.97 Å². The maximum Gasteiger partial charge on any atom is 0.316 e. The Bertz CT molecular complexity index is 598. The second-order valence-corrected chi connectivity index (χ2v) is 5.30. The van der Waals surface area contributed by atoms with Crippen molar-refractivity contribution in [3.63, 3.8) is 0 Å². The molecule has 0 aliphatic carbocycles. The first-order valence-electron chi connectivity index (χ1n) is 6.04. The summed E-state index contributed by atoms with van der Waals surface area (Å²) in [6, 6.07) is 7.42. The summed E-state index contributed by atoms with van der Waals surface area (Å²) in [5.41, 5.74) is 0.939. The van der Waals surface area contributed by atoms with Crippen LogP contribution in [0, 0.1) is 0 Å². The van der Waals surface area contributed by atoms with Gasteiger partial charge in [-0.25, -0.2) is 0 Å². The number of rotatable bonds is 5. The van der Waals surface area contributed by atoms with E-state index in [4.69, 9.17) is 11.6 Å². The Kier molecular flexibility index (Phi) is 5.03. The third-order valence-corrected chi connectivity index (χ3v) is 3.87. The molecule has 0 N–H and O–H groups in total. The van der Waals surface area contributed by atoms with Crippen LogP contribution in [0.25, 0.3) is 11.4 Å². The summed E-state index contributed by atoms with van der Waals surface area (Å²) in [5.74, 6) is 0.695. The van der Waals surface area contributed by atoms with E-state index in [0.717, 1.165) is 11.4 Å². The normalized spacial score (nSPS) is 10.6. The molecule has 0 saturated heterocycles. The van der Waals surface area contributed by atoms with E-state index >= 15 is 0 Å². The van der Waals surface area contributed by atoms with Gasteiger partial charge in [-0.1, -0.05) is 23.4 Å². The van der Waals surface area contributed by atoms with E-state index in [1.165, 1.54) is 18.9 Å². The van der Waals surface area contributed by atoms with E-state index in [9.17, 15) is 4.79 Å². The van der Waals surface area contributed by atoms with Crippen LogP contribution in [0.1, 0.15) is 6.92 Å². The highest BCUT2D eigenvalue weighted by Gasteiger charge is 2.14. The van der Waals surface area contributed by atoms with Gasteiger partial charge in [0.1, 0.15) is 0 Å². The van der Waals surface area contributed by atoms with Crippen molar-refractivity contribution in [3.8, 4) is 11.4 Å². The van der Waals surface area contributed by atoms with Gasteiger partial charge in [0.2, 0.25) is 0 Å². The molecule has 1 aromatic carbocycles. The number of hydrogen-bond acceptors (Lipinski definition) is 5. The van der Waals surface area contributed by atoms with Crippen LogP contribution in [0.2, 0.25) is 5.02 Å². The van der Waals surface area contributed by atoms with Crippen molar-refractivity contribution in [1.29, 1.82) is 0 Å². The van der Waals surface area contributed by atoms with Crippen LogP contribution in [0.15, 0.2) is 29.4 Å². The van der Waals surface area contributed by atoms with Crippen LogP contribution in [-0.2, 0) is 16.1 Å². The number of thioether (sulfide) groups is 1. The van der Waals surface area contributed by atoms with Crippen molar-refractivity contribution in [1.82, 2.24) is 14.8 Å². The van der Waals surface area contributed by atoms with Crippen LogP contribution >= 0.6 is 23.4 Å². The van der Waals surface area contributed by atoms with Crippen LogP contribution < -0.4 is 0 Å². The zero-order chi connectivity index (χ0) is 14.5. The first-order valence-corrected chi connectivity index (χ1v) is 7.40. The average Bonchev–Trinajstić information content (AvgIpc) is 2.88. The summed E-state index contributed by atoms with van der Waals surface area (Å²) in [6.45, 7) is 2.72. The lowest BCUT2D eigenvalue weighted by molar-refractivity contribution is -0.137. The first-order chi connectivity index (χ1) is 9.65. The molecule has 20 heavy (non-hydrogen) atoms. The molecule has 0 saturated carbocycles. The molecule has 7 heteroatoms. The summed E-state index contributed by atoms with van der Waals surface area (Å²) < 4.78 is 6.57. The van der Waals surface area contributed by atoms with Crippen molar-refractivity contribution in [3.05, 3.63) is 29.3 Å². The number of carbonyl (C=O) groups excluding carboxylic acids is 1. The van der Waals surface area contributed by atoms with Crippen molar-refractivity contribution >= 4 is 29.3 Å². The van der Waals surface area contributed by atoms with E-state index in [2.05, 4.69) is 14.9 Å². The van der Waals surface area contributed by atoms with E-state index < -0.39 is 0 Å². The minimum atomic E-state index is -0.284. The molecule has 1 aromatic heterocycles. The second kappa shape index (κ2) is 6.76. The van der Waals surface area contributed by atoms with Crippen molar-refractivity contribution in [2.75, 3.05) is 12.9 Å². The van der Waals surface area contributed by atoms with Gasteiger partial charge in [-0.05, 0) is 31.2 Å². The maximum absolute atomic E-state index is 11.2. The van der Waals surface area contributed by atoms with Gasteiger partial charge in [-0.15, -0.1) is 10.2 Å². The third-order valence-electron chi connectivity index (χ3n) is 2.68. The maximum atomic E-state index is 11.2. The first kappa shape index (κ1) is 14.9. The predicted molar refractivity (Wildman–Crippen MR) is 78.9 cm³/mol. The monoisotopic (exact) mass is 311 g/mol. The Morgan fingerprint density at radius 1 is 1.35 bits per heavy atom. The standard InChI is InChI=1S/C13H14ClN3O2S/c1-3-17-12(9-4-6-10(14)7-5-9)15-16-13(17)20-8-11(18)19-2/h4-7H,3,8H2,1-2H3. The summed E-state index contributed by atoms with van der Waals surface area (Å²) >= 11 is 7.19. The molecular weight excluding hydrogens is 298 g/mol. The fourth-order valence-corrected chi connectivity index (χ4v) is 2.64. The molecule has 0 aliphatic rings. The molecule has 0 fully saturated rings. The number of carbonyl (C=O) groups is 1. The Balaban J connectivity index is 2.25. The predicted octanol–water partition coefficient (Wildman–Crippen LogP) is 2.88. The quantitative estimate of drug-likeness (QED) is 0.628. The number of hydrogen-bond donors (Lipinski definition) is 0. The van der Waals surface area contributed by atoms with Crippen LogP contribution in [0.5, 0.6) is 0 Å². The summed E-state index contributed by atoms with van der Waals surface area (Å²) in [7, 11) is 1.37. The lowest BCUT2D eigenvalue weighted by Crippen LogP contribution is -2.05. The molecule has 0 radical (unpaired) electrons. The second-order valence-electron chi connectivity index (χ2n) is 3.92. The molecule has 2 aromatic rings. The molecule has 0 spiro atoms. The fourth-order valence-electron chi connectivity index (χ4n) is 1.68. The van der Waals surface area contributed by atoms with Gasteiger partial charge < -0.3 is 9.30 Å². The Labute approximate surface area is 126 Å². The van der Waals surface area contributed by atoms with Gasteiger partial charge in [0.15, 0.2) is 11.0 Å². The topological polar surface area (TPSA) is 57.0 Å². The van der Waals surface area contributed by atoms with Crippen LogP contribution in [0.4, 0.5) is 0 Å². The molecule has 0 unspecified atom stereocenters. The highest BCUT2D eigenvalue weighted by atomic mass is 35.5. The van der Waals surface area contributed by atoms with Crippen molar-refractivity contribution in [2.45, 2.75) is 18.6 Å².